The van der Waals surface area contributed by atoms with E-state index < -0.39 is 17.6 Å². The number of benzene rings is 1. The van der Waals surface area contributed by atoms with Gasteiger partial charge in [0.25, 0.3) is 11.5 Å². The van der Waals surface area contributed by atoms with Crippen molar-refractivity contribution in [3.05, 3.63) is 75.3 Å². The lowest BCUT2D eigenvalue weighted by Gasteiger charge is -2.10. The van der Waals surface area contributed by atoms with Crippen molar-refractivity contribution < 1.29 is 18.0 Å². The molecule has 0 unspecified atom stereocenters. The molecule has 0 bridgehead atoms. The van der Waals surface area contributed by atoms with E-state index in [2.05, 4.69) is 15.5 Å². The molecule has 1 amide bonds. The summed E-state index contributed by atoms with van der Waals surface area (Å²) < 4.78 is 40.5. The number of nitrogens with one attached hydrogen (secondary N) is 1. The smallest absolute Gasteiger partial charge is 0.350 e. The fraction of sp³-hybridized carbons (Fsp3) is 0.263. The predicted octanol–water partition coefficient (Wildman–Crippen LogP) is 2.49. The number of rotatable bonds is 5. The molecule has 10 heteroatoms. The number of hydrogen-bond acceptors (Lipinski definition) is 4. The molecule has 0 aliphatic heterocycles. The predicted molar refractivity (Wildman–Crippen MR) is 98.9 cm³/mol. The number of carbonyl (C=O) groups excluding carboxylic acids is 1. The molecule has 0 aliphatic rings. The zero-order valence-electron chi connectivity index (χ0n) is 15.7. The first kappa shape index (κ1) is 20.3. The van der Waals surface area contributed by atoms with E-state index in [1.54, 1.807) is 10.7 Å². The monoisotopic (exact) mass is 405 g/mol. The highest BCUT2D eigenvalue weighted by Crippen LogP contribution is 2.29. The molecular formula is C19H18F3N5O2. The Hall–Kier alpha value is -3.43. The maximum absolute atomic E-state index is 12.6. The number of aryl methyl sites for hydroxylation is 2. The van der Waals surface area contributed by atoms with Gasteiger partial charge in [-0.1, -0.05) is 0 Å². The number of nitrogens with zero attached hydrogens (tertiary/aromatic N) is 4. The summed E-state index contributed by atoms with van der Waals surface area (Å²) in [5, 5.41) is 11.1. The molecule has 2 aromatic heterocycles. The van der Waals surface area contributed by atoms with Crippen LogP contribution in [0, 0.1) is 13.8 Å². The Morgan fingerprint density at radius 3 is 2.34 bits per heavy atom. The molecule has 0 spiro atoms. The first-order valence-electron chi connectivity index (χ1n) is 8.72. The van der Waals surface area contributed by atoms with Crippen LogP contribution in [-0.4, -0.2) is 32.0 Å². The first-order valence-corrected chi connectivity index (χ1v) is 8.72. The van der Waals surface area contributed by atoms with Crippen molar-refractivity contribution in [2.24, 2.45) is 0 Å². The van der Waals surface area contributed by atoms with Crippen LogP contribution in [0.25, 0.3) is 5.82 Å². The molecule has 3 aromatic rings. The van der Waals surface area contributed by atoms with E-state index >= 15 is 0 Å². The maximum Gasteiger partial charge on any atom is 0.416 e. The van der Waals surface area contributed by atoms with E-state index in [-0.39, 0.29) is 24.2 Å². The standard InChI is InChI=1S/C19H18F3N5O2/c1-12-11-13(2)27(24-12)16-7-8-17(28)26(25-16)10-9-23-18(29)14-3-5-15(6-4-14)19(20,21)22/h3-8,11H,9-10H2,1-2H3,(H,23,29). The van der Waals surface area contributed by atoms with Crippen LogP contribution in [0.15, 0.2) is 47.3 Å². The average Bonchev–Trinajstić information content (AvgIpc) is 3.00. The van der Waals surface area contributed by atoms with Crippen LogP contribution in [0.1, 0.15) is 27.3 Å². The zero-order valence-corrected chi connectivity index (χ0v) is 15.7. The normalized spacial score (nSPS) is 11.5. The molecule has 0 radical (unpaired) electrons. The van der Waals surface area contributed by atoms with Gasteiger partial charge in [-0.25, -0.2) is 9.36 Å². The topological polar surface area (TPSA) is 81.8 Å². The Bertz CT molecular complexity index is 1080. The van der Waals surface area contributed by atoms with Crippen LogP contribution in [0.5, 0.6) is 0 Å². The summed E-state index contributed by atoms with van der Waals surface area (Å²) >= 11 is 0. The largest absolute Gasteiger partial charge is 0.416 e. The van der Waals surface area contributed by atoms with Gasteiger partial charge in [0.1, 0.15) is 0 Å². The maximum atomic E-state index is 12.6. The third kappa shape index (κ3) is 4.71. The van der Waals surface area contributed by atoms with E-state index in [9.17, 15) is 22.8 Å². The summed E-state index contributed by atoms with van der Waals surface area (Å²) in [6.45, 7) is 3.88. The molecule has 29 heavy (non-hydrogen) atoms. The summed E-state index contributed by atoms with van der Waals surface area (Å²) in [4.78, 5) is 24.1. The van der Waals surface area contributed by atoms with Crippen LogP contribution in [0.2, 0.25) is 0 Å². The van der Waals surface area contributed by atoms with E-state index in [1.165, 1.54) is 10.7 Å². The number of halogens is 3. The minimum absolute atomic E-state index is 0.0767. The van der Waals surface area contributed by atoms with Crippen molar-refractivity contribution in [1.29, 1.82) is 0 Å². The fourth-order valence-corrected chi connectivity index (χ4v) is 2.76. The first-order chi connectivity index (χ1) is 13.6. The van der Waals surface area contributed by atoms with Crippen molar-refractivity contribution in [2.45, 2.75) is 26.6 Å². The van der Waals surface area contributed by atoms with Gasteiger partial charge in [0.15, 0.2) is 5.82 Å². The van der Waals surface area contributed by atoms with Crippen LogP contribution in [0.3, 0.4) is 0 Å². The number of amides is 1. The summed E-state index contributed by atoms with van der Waals surface area (Å²) in [6.07, 6.45) is -4.46. The molecular weight excluding hydrogens is 387 g/mol. The second-order valence-electron chi connectivity index (χ2n) is 6.42. The molecule has 2 heterocycles. The van der Waals surface area contributed by atoms with Gasteiger partial charge in [-0.3, -0.25) is 9.59 Å². The average molecular weight is 405 g/mol. The molecule has 0 saturated carbocycles. The Morgan fingerprint density at radius 1 is 1.07 bits per heavy atom. The van der Waals surface area contributed by atoms with E-state index in [0.717, 1.165) is 35.7 Å². The lowest BCUT2D eigenvalue weighted by Crippen LogP contribution is -2.32. The minimum Gasteiger partial charge on any atom is -0.350 e. The quantitative estimate of drug-likeness (QED) is 0.707. The van der Waals surface area contributed by atoms with Crippen LogP contribution < -0.4 is 10.9 Å². The summed E-state index contributed by atoms with van der Waals surface area (Å²) in [6, 6.07) is 8.69. The Balaban J connectivity index is 1.66. The minimum atomic E-state index is -4.46. The van der Waals surface area contributed by atoms with Gasteiger partial charge in [-0.05, 0) is 50.2 Å². The molecule has 0 aliphatic carbocycles. The molecule has 0 fully saturated rings. The van der Waals surface area contributed by atoms with Gasteiger partial charge in [-0.15, -0.1) is 5.10 Å². The summed E-state index contributed by atoms with van der Waals surface area (Å²) in [7, 11) is 0. The van der Waals surface area contributed by atoms with E-state index in [1.807, 2.05) is 19.9 Å². The lowest BCUT2D eigenvalue weighted by atomic mass is 10.1. The van der Waals surface area contributed by atoms with Gasteiger partial charge >= 0.3 is 6.18 Å². The van der Waals surface area contributed by atoms with E-state index in [4.69, 9.17) is 0 Å². The Morgan fingerprint density at radius 2 is 1.76 bits per heavy atom. The molecule has 152 valence electrons. The molecule has 1 aromatic carbocycles. The van der Waals surface area contributed by atoms with Gasteiger partial charge in [0, 0.05) is 23.9 Å². The number of carbonyl (C=O) groups is 1. The van der Waals surface area contributed by atoms with Gasteiger partial charge in [0.05, 0.1) is 17.8 Å². The summed E-state index contributed by atoms with van der Waals surface area (Å²) in [5.41, 5.74) is 0.584. The molecule has 1 N–H and O–H groups in total. The third-order valence-corrected chi connectivity index (χ3v) is 4.16. The lowest BCUT2D eigenvalue weighted by molar-refractivity contribution is -0.137. The third-order valence-electron chi connectivity index (χ3n) is 4.16. The van der Waals surface area contributed by atoms with Crippen molar-refractivity contribution >= 4 is 5.91 Å². The van der Waals surface area contributed by atoms with Gasteiger partial charge in [-0.2, -0.15) is 18.3 Å². The highest BCUT2D eigenvalue weighted by molar-refractivity contribution is 5.94. The van der Waals surface area contributed by atoms with Crippen molar-refractivity contribution in [2.75, 3.05) is 6.54 Å². The Labute approximate surface area is 163 Å². The second kappa shape index (κ2) is 7.90. The second-order valence-corrected chi connectivity index (χ2v) is 6.42. The number of aromatic nitrogens is 4. The zero-order chi connectivity index (χ0) is 21.2. The molecule has 7 nitrogen and oxygen atoms in total. The number of alkyl halides is 3. The summed E-state index contributed by atoms with van der Waals surface area (Å²) in [5.74, 6) is -0.0780. The van der Waals surface area contributed by atoms with Gasteiger partial charge < -0.3 is 5.32 Å². The van der Waals surface area contributed by atoms with Crippen LogP contribution >= 0.6 is 0 Å². The molecule has 3 rings (SSSR count). The van der Waals surface area contributed by atoms with Crippen molar-refractivity contribution in [3.63, 3.8) is 0 Å². The van der Waals surface area contributed by atoms with Crippen molar-refractivity contribution in [3.8, 4) is 5.82 Å². The SMILES string of the molecule is Cc1cc(C)n(-c2ccc(=O)n(CCNC(=O)c3ccc(C(F)(F)F)cc3)n2)n1. The molecule has 0 atom stereocenters. The highest BCUT2D eigenvalue weighted by atomic mass is 19.4. The fourth-order valence-electron chi connectivity index (χ4n) is 2.76. The van der Waals surface area contributed by atoms with Crippen LogP contribution in [0.4, 0.5) is 13.2 Å². The Kier molecular flexibility index (Phi) is 5.53. The van der Waals surface area contributed by atoms with Crippen LogP contribution in [-0.2, 0) is 12.7 Å². The van der Waals surface area contributed by atoms with Crippen molar-refractivity contribution in [1.82, 2.24) is 24.9 Å². The van der Waals surface area contributed by atoms with E-state index in [0.29, 0.717) is 5.82 Å². The van der Waals surface area contributed by atoms with Gasteiger partial charge in [0.2, 0.25) is 0 Å². The number of hydrogen-bond donors (Lipinski definition) is 1. The molecule has 0 saturated heterocycles. The highest BCUT2D eigenvalue weighted by Gasteiger charge is 2.30.